The number of para-hydroxylation sites is 1. The number of carbonyl (C=O) groups excluding carboxylic acids is 1. The fourth-order valence-corrected chi connectivity index (χ4v) is 3.90. The molecule has 1 fully saturated rings. The van der Waals surface area contributed by atoms with Crippen molar-refractivity contribution in [3.63, 3.8) is 0 Å². The molecule has 0 aromatic heterocycles. The number of nitrogens with zero attached hydrogens (tertiary/aromatic N) is 2. The Balaban J connectivity index is 1.68. The average molecular weight is 396 g/mol. The number of morpholine rings is 1. The number of carbonyl (C=O) groups is 1. The first-order valence-corrected chi connectivity index (χ1v) is 10.7. The molecule has 1 aliphatic heterocycles. The van der Waals surface area contributed by atoms with Crippen molar-refractivity contribution < 1.29 is 9.53 Å². The quantitative estimate of drug-likeness (QED) is 0.721. The van der Waals surface area contributed by atoms with Crippen LogP contribution in [0.15, 0.2) is 54.6 Å². The van der Waals surface area contributed by atoms with Gasteiger partial charge in [0.25, 0.3) is 0 Å². The summed E-state index contributed by atoms with van der Waals surface area (Å²) >= 11 is 0. The monoisotopic (exact) mass is 395 g/mol. The zero-order chi connectivity index (χ0) is 20.5. The maximum Gasteiger partial charge on any atom is 0.322 e. The molecule has 1 N–H and O–H groups in total. The summed E-state index contributed by atoms with van der Waals surface area (Å²) < 4.78 is 5.45. The van der Waals surface area contributed by atoms with E-state index < -0.39 is 0 Å². The van der Waals surface area contributed by atoms with Gasteiger partial charge in [0.05, 0.1) is 13.2 Å². The fraction of sp³-hybridized carbons (Fsp3) is 0.458. The first kappa shape index (κ1) is 21.3. The highest BCUT2D eigenvalue weighted by molar-refractivity contribution is 5.90. The van der Waals surface area contributed by atoms with Gasteiger partial charge in [-0.3, -0.25) is 4.90 Å². The lowest BCUT2D eigenvalue weighted by Crippen LogP contribution is -2.44. The van der Waals surface area contributed by atoms with Crippen molar-refractivity contribution in [3.05, 3.63) is 65.7 Å². The highest BCUT2D eigenvalue weighted by Gasteiger charge is 2.22. The largest absolute Gasteiger partial charge is 0.379 e. The van der Waals surface area contributed by atoms with Crippen LogP contribution in [0.25, 0.3) is 0 Å². The van der Waals surface area contributed by atoms with E-state index in [1.807, 2.05) is 36.1 Å². The number of rotatable bonds is 8. The average Bonchev–Trinajstić information content (AvgIpc) is 2.76. The molecule has 0 radical (unpaired) electrons. The van der Waals surface area contributed by atoms with Crippen molar-refractivity contribution in [2.75, 3.05) is 38.2 Å². The summed E-state index contributed by atoms with van der Waals surface area (Å²) in [6.07, 6.45) is 1.79. The van der Waals surface area contributed by atoms with Crippen LogP contribution in [-0.2, 0) is 17.7 Å². The molecule has 2 aromatic carbocycles. The number of benzene rings is 2. The van der Waals surface area contributed by atoms with E-state index in [2.05, 4.69) is 47.5 Å². The number of anilines is 1. The van der Waals surface area contributed by atoms with Gasteiger partial charge in [-0.1, -0.05) is 55.5 Å². The summed E-state index contributed by atoms with van der Waals surface area (Å²) in [6.45, 7) is 9.11. The molecule has 1 saturated heterocycles. The first-order chi connectivity index (χ1) is 14.2. The van der Waals surface area contributed by atoms with Gasteiger partial charge in [-0.05, 0) is 37.0 Å². The van der Waals surface area contributed by atoms with Crippen molar-refractivity contribution in [1.82, 2.24) is 9.80 Å². The lowest BCUT2D eigenvalue weighted by Gasteiger charge is -2.31. The van der Waals surface area contributed by atoms with Crippen LogP contribution in [0.4, 0.5) is 10.5 Å². The third kappa shape index (κ3) is 6.05. The van der Waals surface area contributed by atoms with Crippen molar-refractivity contribution in [2.45, 2.75) is 39.3 Å². The normalized spacial score (nSPS) is 15.7. The highest BCUT2D eigenvalue weighted by Crippen LogP contribution is 2.20. The zero-order valence-electron chi connectivity index (χ0n) is 17.6. The predicted molar refractivity (Wildman–Crippen MR) is 118 cm³/mol. The van der Waals surface area contributed by atoms with Gasteiger partial charge in [0.15, 0.2) is 0 Å². The molecule has 1 heterocycles. The minimum Gasteiger partial charge on any atom is -0.379 e. The van der Waals surface area contributed by atoms with E-state index in [9.17, 15) is 4.79 Å². The van der Waals surface area contributed by atoms with Gasteiger partial charge in [-0.25, -0.2) is 4.79 Å². The van der Waals surface area contributed by atoms with Gasteiger partial charge < -0.3 is 15.0 Å². The van der Waals surface area contributed by atoms with E-state index in [1.54, 1.807) is 0 Å². The molecule has 5 nitrogen and oxygen atoms in total. The van der Waals surface area contributed by atoms with Crippen LogP contribution < -0.4 is 5.32 Å². The second kappa shape index (κ2) is 11.0. The molecule has 0 aliphatic carbocycles. The topological polar surface area (TPSA) is 44.8 Å². The third-order valence-corrected chi connectivity index (χ3v) is 5.58. The summed E-state index contributed by atoms with van der Waals surface area (Å²) in [5.41, 5.74) is 3.31. The molecular formula is C24H33N3O2. The van der Waals surface area contributed by atoms with E-state index in [0.717, 1.165) is 56.9 Å². The van der Waals surface area contributed by atoms with Crippen molar-refractivity contribution >= 4 is 11.7 Å². The number of hydrogen-bond acceptors (Lipinski definition) is 3. The Morgan fingerprint density at radius 2 is 1.76 bits per heavy atom. The van der Waals surface area contributed by atoms with Gasteiger partial charge in [0, 0.05) is 37.9 Å². The van der Waals surface area contributed by atoms with Crippen LogP contribution in [-0.4, -0.2) is 54.7 Å². The van der Waals surface area contributed by atoms with Crippen LogP contribution in [0.2, 0.25) is 0 Å². The van der Waals surface area contributed by atoms with Crippen LogP contribution in [0.5, 0.6) is 0 Å². The Morgan fingerprint density at radius 3 is 2.45 bits per heavy atom. The third-order valence-electron chi connectivity index (χ3n) is 5.58. The maximum atomic E-state index is 13.2. The number of amides is 2. The van der Waals surface area contributed by atoms with E-state index in [4.69, 9.17) is 4.74 Å². The molecule has 2 amide bonds. The molecule has 29 heavy (non-hydrogen) atoms. The predicted octanol–water partition coefficient (Wildman–Crippen LogP) is 4.39. The Hall–Kier alpha value is -2.37. The second-order valence-electron chi connectivity index (χ2n) is 7.51. The molecule has 0 spiro atoms. The molecule has 156 valence electrons. The molecule has 1 atom stereocenters. The number of ether oxygens (including phenoxy) is 1. The smallest absolute Gasteiger partial charge is 0.322 e. The minimum atomic E-state index is -0.0234. The number of likely N-dealkylation sites (N-methyl/N-ethyl adjacent to an activating group) is 1. The van der Waals surface area contributed by atoms with Crippen LogP contribution in [0, 0.1) is 0 Å². The van der Waals surface area contributed by atoms with Crippen LogP contribution in [0.1, 0.15) is 31.4 Å². The van der Waals surface area contributed by atoms with Gasteiger partial charge in [0.1, 0.15) is 0 Å². The molecule has 2 aromatic rings. The Labute approximate surface area is 174 Å². The highest BCUT2D eigenvalue weighted by atomic mass is 16.5. The first-order valence-electron chi connectivity index (χ1n) is 10.7. The number of hydrogen-bond donors (Lipinski definition) is 1. The molecule has 1 unspecified atom stereocenters. The summed E-state index contributed by atoms with van der Waals surface area (Å²) in [7, 11) is 0. The van der Waals surface area contributed by atoms with Gasteiger partial charge >= 0.3 is 6.03 Å². The Morgan fingerprint density at radius 1 is 1.07 bits per heavy atom. The lowest BCUT2D eigenvalue weighted by atomic mass is 10.0. The number of nitrogens with one attached hydrogen (secondary N) is 1. The lowest BCUT2D eigenvalue weighted by molar-refractivity contribution is 0.0342. The van der Waals surface area contributed by atoms with Gasteiger partial charge in [-0.15, -0.1) is 0 Å². The number of urea groups is 1. The van der Waals surface area contributed by atoms with Gasteiger partial charge in [-0.2, -0.15) is 0 Å². The molecule has 3 rings (SSSR count). The van der Waals surface area contributed by atoms with Crippen LogP contribution in [0.3, 0.4) is 0 Å². The molecular weight excluding hydrogens is 362 g/mol. The second-order valence-corrected chi connectivity index (χ2v) is 7.51. The Kier molecular flexibility index (Phi) is 8.08. The summed E-state index contributed by atoms with van der Waals surface area (Å²) in [5, 5.41) is 3.18. The SMILES string of the molecule is CCC(Cc1ccccc1)N(CC)C(=O)Nc1ccccc1CN1CCOCC1. The van der Waals surface area contributed by atoms with E-state index in [-0.39, 0.29) is 12.1 Å². The maximum absolute atomic E-state index is 13.2. The van der Waals surface area contributed by atoms with Crippen molar-refractivity contribution in [3.8, 4) is 0 Å². The zero-order valence-corrected chi connectivity index (χ0v) is 17.6. The molecule has 0 saturated carbocycles. The van der Waals surface area contributed by atoms with Crippen molar-refractivity contribution in [1.29, 1.82) is 0 Å². The molecule has 1 aliphatic rings. The summed E-state index contributed by atoms with van der Waals surface area (Å²) in [6, 6.07) is 18.7. The van der Waals surface area contributed by atoms with Crippen LogP contribution >= 0.6 is 0 Å². The van der Waals surface area contributed by atoms with Gasteiger partial charge in [0.2, 0.25) is 0 Å². The van der Waals surface area contributed by atoms with E-state index in [1.165, 1.54) is 5.56 Å². The molecule has 0 bridgehead atoms. The molecule has 5 heteroatoms. The Bertz CT molecular complexity index is 760. The minimum absolute atomic E-state index is 0.0234. The van der Waals surface area contributed by atoms with E-state index >= 15 is 0 Å². The fourth-order valence-electron chi connectivity index (χ4n) is 3.90. The standard InChI is InChI=1S/C24H33N3O2/c1-3-22(18-20-10-6-5-7-11-20)27(4-2)24(28)25-23-13-9-8-12-21(23)19-26-14-16-29-17-15-26/h5-13,22H,3-4,14-19H2,1-2H3,(H,25,28). The van der Waals surface area contributed by atoms with E-state index in [0.29, 0.717) is 6.54 Å². The summed E-state index contributed by atoms with van der Waals surface area (Å²) in [5.74, 6) is 0. The summed E-state index contributed by atoms with van der Waals surface area (Å²) in [4.78, 5) is 17.5. The van der Waals surface area contributed by atoms with Crippen molar-refractivity contribution in [2.24, 2.45) is 0 Å².